The maximum Gasteiger partial charge on any atom is 0.472 e. The average molecular weight is 941 g/mol. The number of carbonyl (C=O) groups excluding carboxylic acids is 2. The van der Waals surface area contributed by atoms with Crippen molar-refractivity contribution < 1.29 is 76.9 Å². The van der Waals surface area contributed by atoms with Crippen molar-refractivity contribution in [2.24, 2.45) is 0 Å². The first kappa shape index (κ1) is 59.2. The van der Waals surface area contributed by atoms with Crippen LogP contribution < -0.4 is 0 Å². The van der Waals surface area contributed by atoms with Crippen LogP contribution in [-0.2, 0) is 41.8 Å². The van der Waals surface area contributed by atoms with Crippen LogP contribution in [-0.4, -0.2) is 103 Å². The van der Waals surface area contributed by atoms with E-state index >= 15 is 0 Å². The Balaban J connectivity index is 2.62. The molecule has 0 aromatic carbocycles. The molecule has 1 aliphatic rings. The molecule has 0 aromatic rings. The zero-order valence-corrected chi connectivity index (χ0v) is 39.8. The summed E-state index contributed by atoms with van der Waals surface area (Å²) in [7, 11) is -10.7. The van der Waals surface area contributed by atoms with Crippen LogP contribution in [0.4, 0.5) is 0 Å². The fraction of sp³-hybridized carbons (Fsp3) is 0.822. The fourth-order valence-electron chi connectivity index (χ4n) is 6.99. The fourth-order valence-corrected chi connectivity index (χ4v) is 8.53. The molecule has 0 amide bonds. The molecule has 8 atom stereocenters. The number of rotatable bonds is 39. The summed E-state index contributed by atoms with van der Waals surface area (Å²) in [5, 5.41) is 41.2. The lowest BCUT2D eigenvalue weighted by atomic mass is 9.85. The molecule has 0 heterocycles. The van der Waals surface area contributed by atoms with Gasteiger partial charge in [-0.05, 0) is 70.6 Å². The number of esters is 2. The van der Waals surface area contributed by atoms with Crippen LogP contribution in [0.15, 0.2) is 36.5 Å². The van der Waals surface area contributed by atoms with Crippen LogP contribution in [0.1, 0.15) is 181 Å². The third-order valence-electron chi connectivity index (χ3n) is 10.7. The second-order valence-corrected chi connectivity index (χ2v) is 19.1. The van der Waals surface area contributed by atoms with Gasteiger partial charge in [0.15, 0.2) is 6.10 Å². The molecule has 0 aromatic heterocycles. The Morgan fingerprint density at radius 2 is 0.921 bits per heavy atom. The van der Waals surface area contributed by atoms with Gasteiger partial charge in [0.1, 0.15) is 43.2 Å². The first-order valence-electron chi connectivity index (χ1n) is 23.5. The average Bonchev–Trinajstić information content (AvgIpc) is 3.23. The van der Waals surface area contributed by atoms with E-state index in [0.29, 0.717) is 12.8 Å². The van der Waals surface area contributed by atoms with E-state index in [9.17, 15) is 44.0 Å². The molecule has 1 rings (SSSR count). The van der Waals surface area contributed by atoms with Crippen molar-refractivity contribution in [3.8, 4) is 0 Å². The zero-order chi connectivity index (χ0) is 46.8. The molecular weight excluding hydrogens is 858 g/mol. The second-order valence-electron chi connectivity index (χ2n) is 16.5. The van der Waals surface area contributed by atoms with Gasteiger partial charge in [0.25, 0.3) is 0 Å². The number of phosphoric acid groups is 2. The molecule has 1 aliphatic carbocycles. The van der Waals surface area contributed by atoms with Crippen LogP contribution in [0.5, 0.6) is 0 Å². The summed E-state index contributed by atoms with van der Waals surface area (Å²) in [4.78, 5) is 54.2. The molecule has 0 aliphatic heterocycles. The number of hydrogen-bond acceptors (Lipinski definition) is 13. The highest BCUT2D eigenvalue weighted by molar-refractivity contribution is 7.47. The number of allylic oxidation sites excluding steroid dienone is 6. The predicted molar refractivity (Wildman–Crippen MR) is 241 cm³/mol. The number of aliphatic hydroxyl groups excluding tert-OH is 4. The van der Waals surface area contributed by atoms with E-state index in [0.717, 1.165) is 83.5 Å². The second kappa shape index (κ2) is 36.4. The monoisotopic (exact) mass is 941 g/mol. The Labute approximate surface area is 376 Å². The number of hydrogen-bond donors (Lipinski definition) is 7. The molecular formula is C45H82O16P2. The summed E-state index contributed by atoms with van der Waals surface area (Å²) in [6.07, 6.45) is 23.9. The van der Waals surface area contributed by atoms with E-state index in [1.54, 1.807) is 0 Å². The van der Waals surface area contributed by atoms with Gasteiger partial charge in [-0.1, -0.05) is 134 Å². The van der Waals surface area contributed by atoms with E-state index in [1.807, 2.05) is 0 Å². The molecule has 0 saturated heterocycles. The van der Waals surface area contributed by atoms with E-state index in [4.69, 9.17) is 28.3 Å². The molecule has 18 heteroatoms. The molecule has 1 fully saturated rings. The lowest BCUT2D eigenvalue weighted by molar-refractivity contribution is -0.216. The molecule has 0 radical (unpaired) electrons. The van der Waals surface area contributed by atoms with Crippen LogP contribution in [0.2, 0.25) is 0 Å². The Morgan fingerprint density at radius 3 is 1.43 bits per heavy atom. The van der Waals surface area contributed by atoms with Gasteiger partial charge in [-0.25, -0.2) is 9.13 Å². The molecule has 7 N–H and O–H groups in total. The molecule has 63 heavy (non-hydrogen) atoms. The Hall–Kier alpha value is -1.78. The van der Waals surface area contributed by atoms with Crippen molar-refractivity contribution >= 4 is 27.6 Å². The summed E-state index contributed by atoms with van der Waals surface area (Å²) in [6, 6.07) is 0. The van der Waals surface area contributed by atoms with Gasteiger partial charge >= 0.3 is 27.6 Å². The highest BCUT2D eigenvalue weighted by Crippen LogP contribution is 2.49. The number of unbranched alkanes of at least 4 members (excludes halogenated alkanes) is 19. The van der Waals surface area contributed by atoms with Crippen molar-refractivity contribution in [2.45, 2.75) is 224 Å². The lowest BCUT2D eigenvalue weighted by Crippen LogP contribution is -2.64. The Morgan fingerprint density at radius 1 is 0.508 bits per heavy atom. The van der Waals surface area contributed by atoms with Crippen molar-refractivity contribution in [3.05, 3.63) is 36.5 Å². The van der Waals surface area contributed by atoms with Crippen molar-refractivity contribution in [3.63, 3.8) is 0 Å². The van der Waals surface area contributed by atoms with Gasteiger partial charge in [0, 0.05) is 12.8 Å². The number of phosphoric ester groups is 2. The largest absolute Gasteiger partial charge is 0.472 e. The van der Waals surface area contributed by atoms with Gasteiger partial charge in [-0.2, -0.15) is 0 Å². The molecule has 16 nitrogen and oxygen atoms in total. The minimum absolute atomic E-state index is 0.0266. The summed E-state index contributed by atoms with van der Waals surface area (Å²) in [5.41, 5.74) is 0. The Kier molecular flexibility index (Phi) is 34.2. The highest BCUT2D eigenvalue weighted by atomic mass is 31.2. The smallest absolute Gasteiger partial charge is 0.462 e. The van der Waals surface area contributed by atoms with E-state index in [-0.39, 0.29) is 12.8 Å². The number of aliphatic hydroxyl groups is 4. The zero-order valence-electron chi connectivity index (χ0n) is 38.0. The summed E-state index contributed by atoms with van der Waals surface area (Å²) < 4.78 is 49.3. The minimum Gasteiger partial charge on any atom is -0.462 e. The molecule has 1 saturated carbocycles. The third-order valence-corrected chi connectivity index (χ3v) is 12.2. The number of carbonyl (C=O) groups is 2. The highest BCUT2D eigenvalue weighted by Gasteiger charge is 2.54. The van der Waals surface area contributed by atoms with Gasteiger partial charge < -0.3 is 44.6 Å². The van der Waals surface area contributed by atoms with Crippen LogP contribution in [0.25, 0.3) is 0 Å². The standard InChI is InChI=1S/C45H82O16P2/c1-3-5-7-9-11-13-15-17-19-21-23-25-27-29-31-33-38(46)57-35-37(59-39(47)34-32-30-28-26-24-22-20-18-16-14-12-10-8-6-4-2)36-58-63(55,56)61-45-42(50)40(48)41(49)44(43(45)51)60-62(52,53)54/h12,14,17-20,37,40-45,48-51H,3-11,13,15-16,21-36H2,1-2H3,(H,55,56)(H2,52,53,54). The first-order valence-corrected chi connectivity index (χ1v) is 26.6. The lowest BCUT2D eigenvalue weighted by Gasteiger charge is -2.43. The maximum absolute atomic E-state index is 13.0. The number of ether oxygens (including phenoxy) is 2. The minimum atomic E-state index is -5.36. The molecule has 0 bridgehead atoms. The van der Waals surface area contributed by atoms with Gasteiger partial charge in [-0.3, -0.25) is 23.2 Å². The van der Waals surface area contributed by atoms with Gasteiger partial charge in [0.2, 0.25) is 0 Å². The Bertz CT molecular complexity index is 1370. The van der Waals surface area contributed by atoms with Crippen LogP contribution >= 0.6 is 15.6 Å². The van der Waals surface area contributed by atoms with Gasteiger partial charge in [0.05, 0.1) is 6.61 Å². The van der Waals surface area contributed by atoms with Crippen molar-refractivity contribution in [2.75, 3.05) is 13.2 Å². The summed E-state index contributed by atoms with van der Waals surface area (Å²) >= 11 is 0. The maximum atomic E-state index is 13.0. The molecule has 8 unspecified atom stereocenters. The van der Waals surface area contributed by atoms with Gasteiger partial charge in [-0.15, -0.1) is 0 Å². The van der Waals surface area contributed by atoms with Crippen molar-refractivity contribution in [1.29, 1.82) is 0 Å². The van der Waals surface area contributed by atoms with E-state index in [2.05, 4.69) is 54.8 Å². The quantitative estimate of drug-likeness (QED) is 0.0132. The van der Waals surface area contributed by atoms with Crippen LogP contribution in [0, 0.1) is 0 Å². The van der Waals surface area contributed by atoms with Crippen LogP contribution in [0.3, 0.4) is 0 Å². The van der Waals surface area contributed by atoms with Crippen molar-refractivity contribution in [1.82, 2.24) is 0 Å². The summed E-state index contributed by atoms with van der Waals surface area (Å²) in [5.74, 6) is -1.23. The molecule has 368 valence electrons. The normalized spacial score (nSPS) is 22.2. The van der Waals surface area contributed by atoms with E-state index < -0.39 is 83.5 Å². The molecule has 0 spiro atoms. The topological polar surface area (TPSA) is 256 Å². The predicted octanol–water partition coefficient (Wildman–Crippen LogP) is 8.73. The van der Waals surface area contributed by atoms with E-state index in [1.165, 1.54) is 57.8 Å². The third kappa shape index (κ3) is 30.9. The summed E-state index contributed by atoms with van der Waals surface area (Å²) in [6.45, 7) is 3.06. The first-order chi connectivity index (χ1) is 30.1. The SMILES string of the molecule is CCCCCC=CCC=CCCCCCCCC(=O)OC(COC(=O)CCCCCCCC=CCCCCCCCC)COP(=O)(O)OC1C(O)C(O)C(O)C(OP(=O)(O)O)C1O.